The highest BCUT2D eigenvalue weighted by atomic mass is 35.5. The average molecular weight is 413 g/mol. The van der Waals surface area contributed by atoms with Crippen LogP contribution in [0.15, 0.2) is 42.6 Å². The second-order valence-corrected chi connectivity index (χ2v) is 6.94. The third-order valence-corrected chi connectivity index (χ3v) is 5.10. The molecule has 5 nitrogen and oxygen atoms in total. The maximum Gasteiger partial charge on any atom is 0.416 e. The first-order valence-corrected chi connectivity index (χ1v) is 9.21. The molecule has 1 unspecified atom stereocenters. The van der Waals surface area contributed by atoms with Gasteiger partial charge in [-0.3, -0.25) is 9.69 Å². The Morgan fingerprint density at radius 2 is 1.89 bits per heavy atom. The van der Waals surface area contributed by atoms with Crippen molar-refractivity contribution in [3.63, 3.8) is 0 Å². The van der Waals surface area contributed by atoms with Crippen molar-refractivity contribution in [1.82, 2.24) is 9.88 Å². The van der Waals surface area contributed by atoms with E-state index in [1.54, 1.807) is 25.1 Å². The minimum absolute atomic E-state index is 0.206. The number of hydrogen-bond acceptors (Lipinski definition) is 4. The zero-order chi connectivity index (χ0) is 20.3. The van der Waals surface area contributed by atoms with Gasteiger partial charge >= 0.3 is 6.18 Å². The lowest BCUT2D eigenvalue weighted by Crippen LogP contribution is -2.52. The van der Waals surface area contributed by atoms with Gasteiger partial charge in [-0.2, -0.15) is 13.2 Å². The van der Waals surface area contributed by atoms with Crippen LogP contribution < -0.4 is 10.2 Å². The second kappa shape index (κ2) is 8.36. The van der Waals surface area contributed by atoms with E-state index >= 15 is 0 Å². The lowest BCUT2D eigenvalue weighted by Gasteiger charge is -2.38. The number of piperazine rings is 1. The maximum absolute atomic E-state index is 12.9. The third-order valence-electron chi connectivity index (χ3n) is 4.80. The average Bonchev–Trinajstić information content (AvgIpc) is 2.69. The van der Waals surface area contributed by atoms with Crippen molar-refractivity contribution in [2.75, 3.05) is 36.4 Å². The molecule has 0 radical (unpaired) electrons. The number of rotatable bonds is 4. The number of carbonyl (C=O) groups excluding carboxylic acids is 1. The Labute approximate surface area is 166 Å². The molecule has 2 heterocycles. The van der Waals surface area contributed by atoms with Gasteiger partial charge in [0.2, 0.25) is 5.91 Å². The van der Waals surface area contributed by atoms with Crippen LogP contribution >= 0.6 is 11.6 Å². The maximum atomic E-state index is 12.9. The van der Waals surface area contributed by atoms with E-state index in [4.69, 9.17) is 11.6 Å². The van der Waals surface area contributed by atoms with Crippen LogP contribution in [0, 0.1) is 0 Å². The molecule has 28 heavy (non-hydrogen) atoms. The smallest absolute Gasteiger partial charge is 0.369 e. The number of hydrogen-bond donors (Lipinski definition) is 1. The molecule has 1 saturated heterocycles. The van der Waals surface area contributed by atoms with Gasteiger partial charge in [-0.1, -0.05) is 17.7 Å². The van der Waals surface area contributed by atoms with Gasteiger partial charge in [0.05, 0.1) is 17.3 Å². The first-order chi connectivity index (χ1) is 13.3. The number of halogens is 4. The molecular weight excluding hydrogens is 393 g/mol. The SMILES string of the molecule is CC(C(=O)Nc1cccnc1Cl)N1CCN(c2cccc(C(F)(F)F)c2)CC1. The lowest BCUT2D eigenvalue weighted by atomic mass is 10.1. The molecule has 1 amide bonds. The number of carbonyl (C=O) groups is 1. The Morgan fingerprint density at radius 1 is 1.18 bits per heavy atom. The predicted octanol–water partition coefficient (Wildman–Crippen LogP) is 3.90. The van der Waals surface area contributed by atoms with Crippen molar-refractivity contribution in [1.29, 1.82) is 0 Å². The molecule has 0 saturated carbocycles. The number of alkyl halides is 3. The highest BCUT2D eigenvalue weighted by Gasteiger charge is 2.31. The van der Waals surface area contributed by atoms with Gasteiger partial charge in [0.15, 0.2) is 5.15 Å². The molecule has 1 N–H and O–H groups in total. The van der Waals surface area contributed by atoms with Crippen molar-refractivity contribution in [3.05, 3.63) is 53.3 Å². The standard InChI is InChI=1S/C19H20ClF3N4O/c1-13(18(28)25-16-6-3-7-24-17(16)20)26-8-10-27(11-9-26)15-5-2-4-14(12-15)19(21,22)23/h2-7,12-13H,8-11H2,1H3,(H,25,28). The van der Waals surface area contributed by atoms with Crippen LogP contribution in [-0.4, -0.2) is 48.0 Å². The molecule has 9 heteroatoms. The van der Waals surface area contributed by atoms with Gasteiger partial charge in [-0.15, -0.1) is 0 Å². The van der Waals surface area contributed by atoms with Crippen LogP contribution in [0.1, 0.15) is 12.5 Å². The van der Waals surface area contributed by atoms with Crippen LogP contribution in [0.4, 0.5) is 24.5 Å². The highest BCUT2D eigenvalue weighted by Crippen LogP contribution is 2.32. The molecule has 1 aromatic heterocycles. The van der Waals surface area contributed by atoms with Crippen LogP contribution in [0.3, 0.4) is 0 Å². The van der Waals surface area contributed by atoms with Gasteiger partial charge in [-0.05, 0) is 37.3 Å². The van der Waals surface area contributed by atoms with Crippen LogP contribution in [0.25, 0.3) is 0 Å². The van der Waals surface area contributed by atoms with Crippen molar-refractivity contribution >= 4 is 28.9 Å². The monoisotopic (exact) mass is 412 g/mol. The van der Waals surface area contributed by atoms with Crippen molar-refractivity contribution in [3.8, 4) is 0 Å². The number of pyridine rings is 1. The molecule has 1 atom stereocenters. The summed E-state index contributed by atoms with van der Waals surface area (Å²) in [7, 11) is 0. The summed E-state index contributed by atoms with van der Waals surface area (Å²) in [6, 6.07) is 8.26. The van der Waals surface area contributed by atoms with E-state index in [2.05, 4.69) is 10.3 Å². The van der Waals surface area contributed by atoms with E-state index < -0.39 is 17.8 Å². The summed E-state index contributed by atoms with van der Waals surface area (Å²) < 4.78 is 38.7. The summed E-state index contributed by atoms with van der Waals surface area (Å²) in [5, 5.41) is 2.98. The molecule has 1 aromatic carbocycles. The van der Waals surface area contributed by atoms with Gasteiger partial charge in [-0.25, -0.2) is 4.98 Å². The van der Waals surface area contributed by atoms with Crippen molar-refractivity contribution < 1.29 is 18.0 Å². The Bertz CT molecular complexity index is 838. The van der Waals surface area contributed by atoms with Crippen LogP contribution in [0.2, 0.25) is 5.15 Å². The normalized spacial score (nSPS) is 16.7. The molecule has 0 spiro atoms. The summed E-state index contributed by atoms with van der Waals surface area (Å²) in [5.74, 6) is -0.206. The molecular formula is C19H20ClF3N4O. The summed E-state index contributed by atoms with van der Waals surface area (Å²) in [4.78, 5) is 20.3. The predicted molar refractivity (Wildman–Crippen MR) is 103 cm³/mol. The van der Waals surface area contributed by atoms with Crippen molar-refractivity contribution in [2.24, 2.45) is 0 Å². The Morgan fingerprint density at radius 3 is 2.54 bits per heavy atom. The summed E-state index contributed by atoms with van der Waals surface area (Å²) in [6.45, 7) is 3.98. The number of anilines is 2. The first-order valence-electron chi connectivity index (χ1n) is 8.83. The summed E-state index contributed by atoms with van der Waals surface area (Å²) in [6.07, 6.45) is -2.83. The van der Waals surface area contributed by atoms with E-state index in [-0.39, 0.29) is 11.1 Å². The second-order valence-electron chi connectivity index (χ2n) is 6.58. The number of nitrogens with one attached hydrogen (secondary N) is 1. The Kier molecular flexibility index (Phi) is 6.10. The molecule has 3 rings (SSSR count). The number of nitrogens with zero attached hydrogens (tertiary/aromatic N) is 3. The van der Waals surface area contributed by atoms with Gasteiger partial charge in [0.1, 0.15) is 0 Å². The highest BCUT2D eigenvalue weighted by molar-refractivity contribution is 6.32. The molecule has 1 aliphatic heterocycles. The van der Waals surface area contributed by atoms with Crippen molar-refractivity contribution in [2.45, 2.75) is 19.1 Å². The van der Waals surface area contributed by atoms with E-state index in [1.807, 2.05) is 9.80 Å². The molecule has 1 fully saturated rings. The topological polar surface area (TPSA) is 48.5 Å². The van der Waals surface area contributed by atoms with E-state index in [9.17, 15) is 18.0 Å². The van der Waals surface area contributed by atoms with Gasteiger partial charge in [0.25, 0.3) is 0 Å². The zero-order valence-electron chi connectivity index (χ0n) is 15.2. The third kappa shape index (κ3) is 4.74. The first kappa shape index (κ1) is 20.4. The molecule has 1 aliphatic rings. The molecule has 0 bridgehead atoms. The molecule has 150 valence electrons. The van der Waals surface area contributed by atoms with Crippen LogP contribution in [-0.2, 0) is 11.0 Å². The largest absolute Gasteiger partial charge is 0.416 e. The number of benzene rings is 1. The fourth-order valence-electron chi connectivity index (χ4n) is 3.13. The Hall–Kier alpha value is -2.32. The quantitative estimate of drug-likeness (QED) is 0.774. The summed E-state index contributed by atoms with van der Waals surface area (Å²) >= 11 is 5.96. The van der Waals surface area contributed by atoms with Crippen LogP contribution in [0.5, 0.6) is 0 Å². The van der Waals surface area contributed by atoms with Gasteiger partial charge < -0.3 is 10.2 Å². The number of amides is 1. The zero-order valence-corrected chi connectivity index (χ0v) is 16.0. The fourth-order valence-corrected chi connectivity index (χ4v) is 3.30. The number of aromatic nitrogens is 1. The van der Waals surface area contributed by atoms with Gasteiger partial charge in [0, 0.05) is 38.1 Å². The van der Waals surface area contributed by atoms with E-state index in [0.717, 1.165) is 12.1 Å². The summed E-state index contributed by atoms with van der Waals surface area (Å²) in [5.41, 5.74) is 0.325. The Balaban J connectivity index is 1.59. The van der Waals surface area contributed by atoms with E-state index in [0.29, 0.717) is 37.6 Å². The minimum Gasteiger partial charge on any atom is -0.369 e. The fraction of sp³-hybridized carbons (Fsp3) is 0.368. The lowest BCUT2D eigenvalue weighted by molar-refractivity contribution is -0.137. The van der Waals surface area contributed by atoms with E-state index in [1.165, 1.54) is 12.3 Å². The minimum atomic E-state index is -4.36. The molecule has 0 aliphatic carbocycles. The molecule has 2 aromatic rings.